The van der Waals surface area contributed by atoms with Gasteiger partial charge in [0.25, 0.3) is 0 Å². The Kier molecular flexibility index (Phi) is 7.01. The zero-order valence-corrected chi connectivity index (χ0v) is 19.5. The van der Waals surface area contributed by atoms with Gasteiger partial charge in [0.15, 0.2) is 0 Å². The molecule has 2 aromatic rings. The molecule has 172 valence electrons. The van der Waals surface area contributed by atoms with Crippen LogP contribution < -0.4 is 5.32 Å². The van der Waals surface area contributed by atoms with Crippen molar-refractivity contribution in [2.75, 3.05) is 25.0 Å². The number of benzene rings is 1. The van der Waals surface area contributed by atoms with Crippen LogP contribution in [-0.4, -0.2) is 52.2 Å². The second-order valence-corrected chi connectivity index (χ2v) is 9.13. The van der Waals surface area contributed by atoms with E-state index in [4.69, 9.17) is 4.74 Å². The molecule has 0 bridgehead atoms. The quantitative estimate of drug-likeness (QED) is 0.718. The highest BCUT2D eigenvalue weighted by Crippen LogP contribution is 2.25. The minimum Gasteiger partial charge on any atom is -0.462 e. The van der Waals surface area contributed by atoms with E-state index in [2.05, 4.69) is 10.4 Å². The van der Waals surface area contributed by atoms with Gasteiger partial charge in [-0.05, 0) is 44.9 Å². The number of hydrogen-bond acceptors (Lipinski definition) is 5. The highest BCUT2D eigenvalue weighted by molar-refractivity contribution is 5.93. The van der Waals surface area contributed by atoms with Crippen molar-refractivity contribution in [2.24, 2.45) is 11.3 Å². The van der Waals surface area contributed by atoms with E-state index < -0.39 is 11.4 Å². The number of aromatic nitrogens is 2. The Morgan fingerprint density at radius 2 is 1.88 bits per heavy atom. The largest absolute Gasteiger partial charge is 0.462 e. The lowest BCUT2D eigenvalue weighted by molar-refractivity contribution is -0.142. The van der Waals surface area contributed by atoms with Crippen molar-refractivity contribution < 1.29 is 19.1 Å². The molecule has 1 N–H and O–H groups in total. The Morgan fingerprint density at radius 3 is 2.50 bits per heavy atom. The summed E-state index contributed by atoms with van der Waals surface area (Å²) >= 11 is 0. The van der Waals surface area contributed by atoms with E-state index >= 15 is 0 Å². The van der Waals surface area contributed by atoms with Crippen molar-refractivity contribution in [3.8, 4) is 5.69 Å². The molecule has 1 aliphatic heterocycles. The molecule has 2 amide bonds. The number of ether oxygens (including phenoxy) is 1. The maximum Gasteiger partial charge on any atom is 0.341 e. The van der Waals surface area contributed by atoms with Gasteiger partial charge in [-0.1, -0.05) is 26.8 Å². The standard InChI is InChI=1S/C24H32N4O4/c1-6-32-22(30)20-15-25-28(16(20)2)19-9-7-8-18(14-19)26-21(29)17-10-12-27(13-11-17)23(31)24(3,4)5/h7-9,14-15,17H,6,10-13H2,1-5H3,(H,26,29). The highest BCUT2D eigenvalue weighted by Gasteiger charge is 2.32. The van der Waals surface area contributed by atoms with Crippen LogP contribution in [-0.2, 0) is 14.3 Å². The van der Waals surface area contributed by atoms with Crippen molar-refractivity contribution in [1.82, 2.24) is 14.7 Å². The van der Waals surface area contributed by atoms with Crippen molar-refractivity contribution in [3.63, 3.8) is 0 Å². The minimum atomic E-state index is -0.409. The number of likely N-dealkylation sites (tertiary alicyclic amines) is 1. The first-order valence-electron chi connectivity index (χ1n) is 11.0. The summed E-state index contributed by atoms with van der Waals surface area (Å²) < 4.78 is 6.72. The normalized spacial score (nSPS) is 14.8. The molecule has 0 radical (unpaired) electrons. The molecular weight excluding hydrogens is 408 g/mol. The smallest absolute Gasteiger partial charge is 0.341 e. The van der Waals surface area contributed by atoms with Crippen molar-refractivity contribution in [2.45, 2.75) is 47.5 Å². The summed E-state index contributed by atoms with van der Waals surface area (Å²) in [7, 11) is 0. The summed E-state index contributed by atoms with van der Waals surface area (Å²) in [5, 5.41) is 7.30. The molecule has 0 saturated carbocycles. The summed E-state index contributed by atoms with van der Waals surface area (Å²) in [5.74, 6) is -0.461. The molecule has 0 unspecified atom stereocenters. The molecule has 1 aliphatic rings. The SMILES string of the molecule is CCOC(=O)c1cnn(-c2cccc(NC(=O)C3CCN(C(=O)C(C)(C)C)CC3)c2)c1C. The van der Waals surface area contributed by atoms with Crippen LogP contribution >= 0.6 is 0 Å². The van der Waals surface area contributed by atoms with Gasteiger partial charge in [0.05, 0.1) is 24.2 Å². The molecule has 32 heavy (non-hydrogen) atoms. The van der Waals surface area contributed by atoms with Crippen molar-refractivity contribution in [3.05, 3.63) is 41.7 Å². The van der Waals surface area contributed by atoms with Crippen LogP contribution in [0.5, 0.6) is 0 Å². The Bertz CT molecular complexity index is 998. The van der Waals surface area contributed by atoms with Gasteiger partial charge in [0, 0.05) is 30.1 Å². The number of carbonyl (C=O) groups excluding carboxylic acids is 3. The third-order valence-electron chi connectivity index (χ3n) is 5.66. The molecule has 8 nitrogen and oxygen atoms in total. The minimum absolute atomic E-state index is 0.0468. The third-order valence-corrected chi connectivity index (χ3v) is 5.66. The van der Waals surface area contributed by atoms with E-state index in [1.54, 1.807) is 18.5 Å². The van der Waals surface area contributed by atoms with Gasteiger partial charge in [0.1, 0.15) is 5.56 Å². The van der Waals surface area contributed by atoms with Crippen molar-refractivity contribution >= 4 is 23.5 Å². The summed E-state index contributed by atoms with van der Waals surface area (Å²) in [5.41, 5.74) is 2.07. The molecule has 1 fully saturated rings. The number of nitrogens with zero attached hydrogens (tertiary/aromatic N) is 3. The van der Waals surface area contributed by atoms with Gasteiger partial charge in [-0.15, -0.1) is 0 Å². The van der Waals surface area contributed by atoms with Crippen LogP contribution in [0.15, 0.2) is 30.5 Å². The number of hydrogen-bond donors (Lipinski definition) is 1. The predicted octanol–water partition coefficient (Wildman–Crippen LogP) is 3.58. The zero-order chi connectivity index (χ0) is 23.5. The molecule has 1 aromatic carbocycles. The maximum atomic E-state index is 12.8. The van der Waals surface area contributed by atoms with Crippen LogP contribution in [0.3, 0.4) is 0 Å². The summed E-state index contributed by atoms with van der Waals surface area (Å²) in [4.78, 5) is 39.2. The molecule has 2 heterocycles. The fourth-order valence-corrected chi connectivity index (χ4v) is 3.86. The lowest BCUT2D eigenvalue weighted by atomic mass is 9.90. The second-order valence-electron chi connectivity index (χ2n) is 9.13. The summed E-state index contributed by atoms with van der Waals surface area (Å²) in [6.45, 7) is 10.8. The van der Waals surface area contributed by atoms with Gasteiger partial charge in [0.2, 0.25) is 11.8 Å². The molecule has 8 heteroatoms. The summed E-state index contributed by atoms with van der Waals surface area (Å²) in [6.07, 6.45) is 2.79. The van der Waals surface area contributed by atoms with Crippen molar-refractivity contribution in [1.29, 1.82) is 0 Å². The van der Waals surface area contributed by atoms with Gasteiger partial charge in [-0.25, -0.2) is 9.48 Å². The van der Waals surface area contributed by atoms with E-state index in [0.717, 1.165) is 5.69 Å². The Hall–Kier alpha value is -3.16. The fraction of sp³-hybridized carbons (Fsp3) is 0.500. The zero-order valence-electron chi connectivity index (χ0n) is 19.5. The summed E-state index contributed by atoms with van der Waals surface area (Å²) in [6, 6.07) is 7.34. The lowest BCUT2D eigenvalue weighted by Crippen LogP contribution is -2.45. The molecular formula is C24H32N4O4. The van der Waals surface area contributed by atoms with E-state index in [9.17, 15) is 14.4 Å². The maximum absolute atomic E-state index is 12.8. The number of amides is 2. The molecule has 0 spiro atoms. The first kappa shape index (κ1) is 23.5. The number of piperidine rings is 1. The molecule has 0 aliphatic carbocycles. The third kappa shape index (κ3) is 5.18. The average Bonchev–Trinajstić information content (AvgIpc) is 3.14. The Balaban J connectivity index is 1.65. The van der Waals surface area contributed by atoms with Gasteiger partial charge < -0.3 is 15.0 Å². The lowest BCUT2D eigenvalue weighted by Gasteiger charge is -2.35. The van der Waals surface area contributed by atoms with Crippen LogP contribution in [0.4, 0.5) is 5.69 Å². The van der Waals surface area contributed by atoms with Crippen LogP contribution in [0, 0.1) is 18.3 Å². The first-order valence-corrected chi connectivity index (χ1v) is 11.0. The van der Waals surface area contributed by atoms with E-state index in [1.807, 2.05) is 49.9 Å². The Morgan fingerprint density at radius 1 is 1.19 bits per heavy atom. The van der Waals surface area contributed by atoms with E-state index in [-0.39, 0.29) is 17.7 Å². The second kappa shape index (κ2) is 9.54. The van der Waals surface area contributed by atoms with E-state index in [0.29, 0.717) is 49.5 Å². The average molecular weight is 441 g/mol. The van der Waals surface area contributed by atoms with Crippen LogP contribution in [0.1, 0.15) is 56.6 Å². The molecule has 1 aromatic heterocycles. The highest BCUT2D eigenvalue weighted by atomic mass is 16.5. The molecule has 3 rings (SSSR count). The Labute approximate surface area is 188 Å². The van der Waals surface area contributed by atoms with Crippen LogP contribution in [0.25, 0.3) is 5.69 Å². The van der Waals surface area contributed by atoms with Gasteiger partial charge >= 0.3 is 5.97 Å². The monoisotopic (exact) mass is 440 g/mol. The fourth-order valence-electron chi connectivity index (χ4n) is 3.86. The number of carbonyl (C=O) groups is 3. The van der Waals surface area contributed by atoms with Gasteiger partial charge in [-0.3, -0.25) is 9.59 Å². The topological polar surface area (TPSA) is 93.5 Å². The molecule has 0 atom stereocenters. The van der Waals surface area contributed by atoms with Crippen LogP contribution in [0.2, 0.25) is 0 Å². The predicted molar refractivity (Wildman–Crippen MR) is 122 cm³/mol. The first-order chi connectivity index (χ1) is 15.1. The number of nitrogens with one attached hydrogen (secondary N) is 1. The number of anilines is 1. The number of esters is 1. The number of rotatable bonds is 5. The van der Waals surface area contributed by atoms with Gasteiger partial charge in [-0.2, -0.15) is 5.10 Å². The van der Waals surface area contributed by atoms with E-state index in [1.165, 1.54) is 6.20 Å². The molecule has 1 saturated heterocycles.